The van der Waals surface area contributed by atoms with Crippen molar-refractivity contribution in [2.24, 2.45) is 0 Å². The van der Waals surface area contributed by atoms with Gasteiger partial charge < -0.3 is 10.1 Å². The summed E-state index contributed by atoms with van der Waals surface area (Å²) in [7, 11) is -3.85. The topological polar surface area (TPSA) is 102 Å². The quantitative estimate of drug-likeness (QED) is 0.373. The van der Waals surface area contributed by atoms with Crippen LogP contribution in [0.2, 0.25) is 5.02 Å². The Hall–Kier alpha value is -2.88. The molecule has 0 unspecified atom stereocenters. The molecule has 1 amide bonds. The molecule has 4 rings (SSSR count). The average Bonchev–Trinajstić information content (AvgIpc) is 3.18. The molecule has 0 saturated heterocycles. The van der Waals surface area contributed by atoms with E-state index >= 15 is 0 Å². The van der Waals surface area contributed by atoms with Crippen molar-refractivity contribution in [2.75, 3.05) is 16.6 Å². The van der Waals surface area contributed by atoms with Crippen molar-refractivity contribution in [3.8, 4) is 0 Å². The Bertz CT molecular complexity index is 1380. The molecule has 1 heterocycles. The van der Waals surface area contributed by atoms with Crippen LogP contribution in [0.1, 0.15) is 56.5 Å². The summed E-state index contributed by atoms with van der Waals surface area (Å²) in [5.74, 6) is -1.01. The highest BCUT2D eigenvalue weighted by Gasteiger charge is 2.28. The smallest absolute Gasteiger partial charge is 0.341 e. The minimum atomic E-state index is -3.85. The third-order valence-electron chi connectivity index (χ3n) is 5.67. The third kappa shape index (κ3) is 5.52. The third-order valence-corrected chi connectivity index (χ3v) is 8.61. The Morgan fingerprint density at radius 1 is 1.09 bits per heavy atom. The summed E-state index contributed by atoms with van der Waals surface area (Å²) in [6.07, 6.45) is 3.60. The number of benzene rings is 2. The summed E-state index contributed by atoms with van der Waals surface area (Å²) < 4.78 is 33.3. The van der Waals surface area contributed by atoms with Crippen molar-refractivity contribution in [1.82, 2.24) is 0 Å². The average molecular weight is 533 g/mol. The Kier molecular flexibility index (Phi) is 7.49. The molecule has 1 aromatic heterocycles. The van der Waals surface area contributed by atoms with E-state index in [1.54, 1.807) is 19.1 Å². The molecule has 0 atom stereocenters. The first-order valence-corrected chi connectivity index (χ1v) is 13.9. The van der Waals surface area contributed by atoms with Crippen LogP contribution >= 0.6 is 22.9 Å². The Morgan fingerprint density at radius 3 is 2.51 bits per heavy atom. The zero-order chi connectivity index (χ0) is 25.2. The van der Waals surface area contributed by atoms with E-state index in [4.69, 9.17) is 16.3 Å². The van der Waals surface area contributed by atoms with E-state index in [-0.39, 0.29) is 27.8 Å². The molecule has 2 N–H and O–H groups in total. The molecule has 0 radical (unpaired) electrons. The summed E-state index contributed by atoms with van der Waals surface area (Å²) >= 11 is 7.66. The van der Waals surface area contributed by atoms with Crippen LogP contribution < -0.4 is 10.0 Å². The molecule has 1 aliphatic rings. The van der Waals surface area contributed by atoms with E-state index < -0.39 is 21.9 Å². The van der Waals surface area contributed by atoms with Gasteiger partial charge in [-0.15, -0.1) is 11.3 Å². The lowest BCUT2D eigenvalue weighted by molar-refractivity contribution is 0.0526. The van der Waals surface area contributed by atoms with Crippen LogP contribution in [0.15, 0.2) is 47.4 Å². The number of ether oxygens (including phenoxy) is 1. The molecule has 3 aromatic rings. The molecular weight excluding hydrogens is 508 g/mol. The minimum absolute atomic E-state index is 0.0805. The minimum Gasteiger partial charge on any atom is -0.462 e. The SMILES string of the molecule is CCOC(=O)c1c(NC(=O)c2cc(NS(=O)(=O)c3ccc(C)cc3)ccc2Cl)sc2c1CCCC2. The van der Waals surface area contributed by atoms with Gasteiger partial charge in [-0.3, -0.25) is 9.52 Å². The molecule has 10 heteroatoms. The number of hydrogen-bond donors (Lipinski definition) is 2. The number of rotatable bonds is 7. The Labute approximate surface area is 213 Å². The largest absolute Gasteiger partial charge is 0.462 e. The fourth-order valence-corrected chi connectivity index (χ4v) is 6.46. The molecule has 184 valence electrons. The number of aryl methyl sites for hydroxylation is 2. The lowest BCUT2D eigenvalue weighted by Gasteiger charge is -2.13. The molecule has 2 aromatic carbocycles. The molecule has 0 bridgehead atoms. The number of amides is 1. The molecule has 35 heavy (non-hydrogen) atoms. The van der Waals surface area contributed by atoms with Gasteiger partial charge in [-0.1, -0.05) is 29.3 Å². The fraction of sp³-hybridized carbons (Fsp3) is 0.280. The lowest BCUT2D eigenvalue weighted by Crippen LogP contribution is -2.17. The highest BCUT2D eigenvalue weighted by Crippen LogP contribution is 2.39. The predicted molar refractivity (Wildman–Crippen MR) is 138 cm³/mol. The highest BCUT2D eigenvalue weighted by atomic mass is 35.5. The number of sulfonamides is 1. The van der Waals surface area contributed by atoms with E-state index in [0.29, 0.717) is 10.6 Å². The van der Waals surface area contributed by atoms with Crippen LogP contribution in [-0.2, 0) is 27.6 Å². The molecule has 0 spiro atoms. The monoisotopic (exact) mass is 532 g/mol. The number of anilines is 2. The number of hydrogen-bond acceptors (Lipinski definition) is 6. The van der Waals surface area contributed by atoms with Crippen LogP contribution in [-0.4, -0.2) is 26.9 Å². The standard InChI is InChI=1S/C25H25ClN2O5S2/c1-3-33-25(30)22-18-6-4-5-7-21(18)34-24(22)27-23(29)19-14-16(10-13-20(19)26)28-35(31,32)17-11-8-15(2)9-12-17/h8-14,28H,3-7H2,1-2H3,(H,27,29). The molecule has 0 saturated carbocycles. The first-order chi connectivity index (χ1) is 16.7. The lowest BCUT2D eigenvalue weighted by atomic mass is 9.95. The maximum Gasteiger partial charge on any atom is 0.341 e. The fourth-order valence-electron chi connectivity index (χ4n) is 3.94. The van der Waals surface area contributed by atoms with E-state index in [1.807, 2.05) is 6.92 Å². The van der Waals surface area contributed by atoms with Crippen molar-refractivity contribution < 1.29 is 22.7 Å². The van der Waals surface area contributed by atoms with Gasteiger partial charge in [0.1, 0.15) is 5.00 Å². The summed E-state index contributed by atoms with van der Waals surface area (Å²) in [5, 5.41) is 3.38. The van der Waals surface area contributed by atoms with Gasteiger partial charge in [-0.25, -0.2) is 13.2 Å². The van der Waals surface area contributed by atoms with Crippen LogP contribution in [0.5, 0.6) is 0 Å². The van der Waals surface area contributed by atoms with E-state index in [2.05, 4.69) is 10.0 Å². The summed E-state index contributed by atoms with van der Waals surface area (Å²) in [4.78, 5) is 27.0. The van der Waals surface area contributed by atoms with Crippen molar-refractivity contribution >= 4 is 55.5 Å². The number of nitrogens with one attached hydrogen (secondary N) is 2. The molecular formula is C25H25ClN2O5S2. The Balaban J connectivity index is 1.61. The van der Waals surface area contributed by atoms with Crippen LogP contribution in [0.3, 0.4) is 0 Å². The second-order valence-corrected chi connectivity index (χ2v) is 11.4. The number of halogens is 1. The summed E-state index contributed by atoms with van der Waals surface area (Å²) in [6.45, 7) is 3.83. The van der Waals surface area contributed by atoms with Gasteiger partial charge >= 0.3 is 5.97 Å². The van der Waals surface area contributed by atoms with Gasteiger partial charge in [0.05, 0.1) is 27.7 Å². The van der Waals surface area contributed by atoms with E-state index in [1.165, 1.54) is 41.7 Å². The number of thiophene rings is 1. The number of esters is 1. The van der Waals surface area contributed by atoms with Crippen molar-refractivity contribution in [1.29, 1.82) is 0 Å². The summed E-state index contributed by atoms with van der Waals surface area (Å²) in [6, 6.07) is 10.7. The van der Waals surface area contributed by atoms with Crippen LogP contribution in [0.4, 0.5) is 10.7 Å². The maximum absolute atomic E-state index is 13.2. The maximum atomic E-state index is 13.2. The second kappa shape index (κ2) is 10.4. The molecule has 7 nitrogen and oxygen atoms in total. The van der Waals surface area contributed by atoms with Crippen molar-refractivity contribution in [3.05, 3.63) is 74.6 Å². The van der Waals surface area contributed by atoms with Crippen LogP contribution in [0.25, 0.3) is 0 Å². The van der Waals surface area contributed by atoms with Gasteiger partial charge in [-0.05, 0) is 75.4 Å². The first kappa shape index (κ1) is 25.2. The van der Waals surface area contributed by atoms with Crippen LogP contribution in [0, 0.1) is 6.92 Å². The first-order valence-electron chi connectivity index (χ1n) is 11.2. The van der Waals surface area contributed by atoms with Gasteiger partial charge in [-0.2, -0.15) is 0 Å². The van der Waals surface area contributed by atoms with Gasteiger partial charge in [0.15, 0.2) is 0 Å². The Morgan fingerprint density at radius 2 is 1.80 bits per heavy atom. The van der Waals surface area contributed by atoms with Gasteiger partial charge in [0, 0.05) is 10.6 Å². The van der Waals surface area contributed by atoms with E-state index in [0.717, 1.165) is 41.7 Å². The zero-order valence-corrected chi connectivity index (χ0v) is 21.7. The van der Waals surface area contributed by atoms with Gasteiger partial charge in [0.2, 0.25) is 0 Å². The molecule has 1 aliphatic carbocycles. The highest BCUT2D eigenvalue weighted by molar-refractivity contribution is 7.92. The van der Waals surface area contributed by atoms with Crippen molar-refractivity contribution in [3.63, 3.8) is 0 Å². The number of carbonyl (C=O) groups excluding carboxylic acids is 2. The number of carbonyl (C=O) groups is 2. The zero-order valence-electron chi connectivity index (χ0n) is 19.3. The predicted octanol–water partition coefficient (Wildman–Crippen LogP) is 5.82. The number of fused-ring (bicyclic) bond motifs is 1. The second-order valence-electron chi connectivity index (χ2n) is 8.20. The van der Waals surface area contributed by atoms with E-state index in [9.17, 15) is 18.0 Å². The normalized spacial score (nSPS) is 13.1. The molecule has 0 aliphatic heterocycles. The summed E-state index contributed by atoms with van der Waals surface area (Å²) in [5.41, 5.74) is 2.54. The van der Waals surface area contributed by atoms with Crippen molar-refractivity contribution in [2.45, 2.75) is 44.4 Å². The van der Waals surface area contributed by atoms with Gasteiger partial charge in [0.25, 0.3) is 15.9 Å². The molecule has 0 fully saturated rings.